The zero-order valence-electron chi connectivity index (χ0n) is 10.2. The molecule has 0 spiro atoms. The van der Waals surface area contributed by atoms with Gasteiger partial charge in [0.2, 0.25) is 0 Å². The van der Waals surface area contributed by atoms with Gasteiger partial charge in [0.25, 0.3) is 0 Å². The minimum atomic E-state index is 0.144. The van der Waals surface area contributed by atoms with Crippen LogP contribution in [0.15, 0.2) is 18.3 Å². The fourth-order valence-corrected chi connectivity index (χ4v) is 1.55. The van der Waals surface area contributed by atoms with Crippen molar-refractivity contribution in [1.82, 2.24) is 4.98 Å². The molecule has 0 fully saturated rings. The molecule has 0 aliphatic carbocycles. The third kappa shape index (κ3) is 4.43. The standard InChI is InChI=1S/C13H22N2/c1-10-9-11(6-8-15-10)12(14)5-7-13(2,3)4/h6,8-9,12H,5,7,14H2,1-4H3. The zero-order valence-corrected chi connectivity index (χ0v) is 10.2. The highest BCUT2D eigenvalue weighted by Crippen LogP contribution is 2.25. The van der Waals surface area contributed by atoms with E-state index in [1.807, 2.05) is 19.2 Å². The number of pyridine rings is 1. The van der Waals surface area contributed by atoms with Crippen molar-refractivity contribution >= 4 is 0 Å². The average Bonchev–Trinajstić information content (AvgIpc) is 2.13. The van der Waals surface area contributed by atoms with Gasteiger partial charge in [-0.05, 0) is 42.9 Å². The molecule has 1 aromatic heterocycles. The highest BCUT2D eigenvalue weighted by Gasteiger charge is 2.13. The first-order valence-electron chi connectivity index (χ1n) is 5.56. The van der Waals surface area contributed by atoms with Crippen LogP contribution in [0.5, 0.6) is 0 Å². The Kier molecular flexibility index (Phi) is 3.86. The van der Waals surface area contributed by atoms with Crippen molar-refractivity contribution < 1.29 is 0 Å². The summed E-state index contributed by atoms with van der Waals surface area (Å²) in [6, 6.07) is 4.24. The number of aryl methyl sites for hydroxylation is 1. The van der Waals surface area contributed by atoms with Gasteiger partial charge in [0.05, 0.1) is 0 Å². The van der Waals surface area contributed by atoms with Crippen LogP contribution < -0.4 is 5.73 Å². The number of hydrogen-bond acceptors (Lipinski definition) is 2. The van der Waals surface area contributed by atoms with Gasteiger partial charge >= 0.3 is 0 Å². The third-order valence-corrected chi connectivity index (χ3v) is 2.55. The third-order valence-electron chi connectivity index (χ3n) is 2.55. The van der Waals surface area contributed by atoms with Crippen LogP contribution in [0.25, 0.3) is 0 Å². The summed E-state index contributed by atoms with van der Waals surface area (Å²) in [7, 11) is 0. The second-order valence-corrected chi connectivity index (χ2v) is 5.44. The molecule has 2 heteroatoms. The fraction of sp³-hybridized carbons (Fsp3) is 0.615. The van der Waals surface area contributed by atoms with Crippen molar-refractivity contribution in [3.05, 3.63) is 29.6 Å². The Bertz CT molecular complexity index is 313. The maximum atomic E-state index is 6.14. The molecule has 0 aromatic carbocycles. The second kappa shape index (κ2) is 4.75. The molecular formula is C13H22N2. The molecule has 0 saturated carbocycles. The van der Waals surface area contributed by atoms with E-state index in [-0.39, 0.29) is 6.04 Å². The van der Waals surface area contributed by atoms with E-state index in [0.717, 1.165) is 18.5 Å². The molecule has 1 aromatic rings. The number of nitrogens with two attached hydrogens (primary N) is 1. The Hall–Kier alpha value is -0.890. The molecule has 1 heterocycles. The Morgan fingerprint density at radius 2 is 2.07 bits per heavy atom. The summed E-state index contributed by atoms with van der Waals surface area (Å²) in [6.45, 7) is 8.74. The molecule has 0 aliphatic heterocycles. The van der Waals surface area contributed by atoms with Crippen LogP contribution in [0.2, 0.25) is 0 Å². The van der Waals surface area contributed by atoms with Crippen LogP contribution in [0.3, 0.4) is 0 Å². The summed E-state index contributed by atoms with van der Waals surface area (Å²) in [4.78, 5) is 4.18. The predicted molar refractivity (Wildman–Crippen MR) is 64.6 cm³/mol. The van der Waals surface area contributed by atoms with Crippen molar-refractivity contribution in [2.24, 2.45) is 11.1 Å². The van der Waals surface area contributed by atoms with Gasteiger partial charge in [0.1, 0.15) is 0 Å². The summed E-state index contributed by atoms with van der Waals surface area (Å²) >= 11 is 0. The number of hydrogen-bond donors (Lipinski definition) is 1. The van der Waals surface area contributed by atoms with Crippen LogP contribution in [0.4, 0.5) is 0 Å². The Labute approximate surface area is 92.9 Å². The lowest BCUT2D eigenvalue weighted by molar-refractivity contribution is 0.349. The maximum Gasteiger partial charge on any atom is 0.0375 e. The number of rotatable bonds is 3. The van der Waals surface area contributed by atoms with Crippen LogP contribution in [0.1, 0.15) is 50.9 Å². The molecule has 0 aliphatic rings. The lowest BCUT2D eigenvalue weighted by Crippen LogP contribution is -2.14. The molecule has 84 valence electrons. The SMILES string of the molecule is Cc1cc(C(N)CCC(C)(C)C)ccn1. The lowest BCUT2D eigenvalue weighted by atomic mass is 9.87. The van der Waals surface area contributed by atoms with Crippen molar-refractivity contribution in [3.8, 4) is 0 Å². The van der Waals surface area contributed by atoms with E-state index in [4.69, 9.17) is 5.73 Å². The monoisotopic (exact) mass is 206 g/mol. The number of nitrogens with zero attached hydrogens (tertiary/aromatic N) is 1. The summed E-state index contributed by atoms with van der Waals surface area (Å²) < 4.78 is 0. The van der Waals surface area contributed by atoms with Crippen LogP contribution in [-0.4, -0.2) is 4.98 Å². The average molecular weight is 206 g/mol. The molecule has 0 saturated heterocycles. The van der Waals surface area contributed by atoms with Gasteiger partial charge in [-0.3, -0.25) is 4.98 Å². The summed E-state index contributed by atoms with van der Waals surface area (Å²) in [6.07, 6.45) is 4.02. The lowest BCUT2D eigenvalue weighted by Gasteiger charge is -2.21. The molecule has 2 nitrogen and oxygen atoms in total. The van der Waals surface area contributed by atoms with Crippen LogP contribution >= 0.6 is 0 Å². The van der Waals surface area contributed by atoms with Crippen molar-refractivity contribution in [2.45, 2.75) is 46.6 Å². The first-order valence-corrected chi connectivity index (χ1v) is 5.56. The Morgan fingerprint density at radius 3 is 2.60 bits per heavy atom. The molecule has 0 amide bonds. The zero-order chi connectivity index (χ0) is 11.5. The molecule has 0 bridgehead atoms. The topological polar surface area (TPSA) is 38.9 Å². The van der Waals surface area contributed by atoms with E-state index in [1.54, 1.807) is 0 Å². The van der Waals surface area contributed by atoms with E-state index >= 15 is 0 Å². The predicted octanol–water partition coefficient (Wildman–Crippen LogP) is 3.22. The van der Waals surface area contributed by atoms with E-state index in [1.165, 1.54) is 5.56 Å². The number of aromatic nitrogens is 1. The van der Waals surface area contributed by atoms with E-state index in [9.17, 15) is 0 Å². The summed E-state index contributed by atoms with van der Waals surface area (Å²) in [5.74, 6) is 0. The first kappa shape index (κ1) is 12.2. The largest absolute Gasteiger partial charge is 0.324 e. The van der Waals surface area contributed by atoms with Gasteiger partial charge in [0.15, 0.2) is 0 Å². The van der Waals surface area contributed by atoms with Crippen molar-refractivity contribution in [2.75, 3.05) is 0 Å². The normalized spacial score (nSPS) is 13.9. The van der Waals surface area contributed by atoms with Gasteiger partial charge in [0, 0.05) is 17.9 Å². The molecular weight excluding hydrogens is 184 g/mol. The molecule has 2 N–H and O–H groups in total. The van der Waals surface area contributed by atoms with Gasteiger partial charge in [-0.15, -0.1) is 0 Å². The van der Waals surface area contributed by atoms with Crippen LogP contribution in [-0.2, 0) is 0 Å². The highest BCUT2D eigenvalue weighted by atomic mass is 14.7. The van der Waals surface area contributed by atoms with Gasteiger partial charge in [-0.25, -0.2) is 0 Å². The van der Waals surface area contributed by atoms with Crippen molar-refractivity contribution in [3.63, 3.8) is 0 Å². The molecule has 1 atom stereocenters. The Balaban J connectivity index is 2.58. The molecule has 0 radical (unpaired) electrons. The molecule has 15 heavy (non-hydrogen) atoms. The Morgan fingerprint density at radius 1 is 1.40 bits per heavy atom. The molecule has 1 rings (SSSR count). The summed E-state index contributed by atoms with van der Waals surface area (Å²) in [5, 5.41) is 0. The molecule has 1 unspecified atom stereocenters. The van der Waals surface area contributed by atoms with Crippen LogP contribution in [0, 0.1) is 12.3 Å². The first-order chi connectivity index (χ1) is 6.88. The van der Waals surface area contributed by atoms with Gasteiger partial charge in [-0.1, -0.05) is 20.8 Å². The minimum absolute atomic E-state index is 0.144. The smallest absolute Gasteiger partial charge is 0.0375 e. The van der Waals surface area contributed by atoms with Gasteiger partial charge in [-0.2, -0.15) is 0 Å². The second-order valence-electron chi connectivity index (χ2n) is 5.44. The quantitative estimate of drug-likeness (QED) is 0.824. The van der Waals surface area contributed by atoms with Crippen molar-refractivity contribution in [1.29, 1.82) is 0 Å². The van der Waals surface area contributed by atoms with E-state index in [2.05, 4.69) is 31.8 Å². The highest BCUT2D eigenvalue weighted by molar-refractivity contribution is 5.18. The fourth-order valence-electron chi connectivity index (χ4n) is 1.55. The minimum Gasteiger partial charge on any atom is -0.324 e. The van der Waals surface area contributed by atoms with Gasteiger partial charge < -0.3 is 5.73 Å². The van der Waals surface area contributed by atoms with E-state index < -0.39 is 0 Å². The summed E-state index contributed by atoms with van der Waals surface area (Å²) in [5.41, 5.74) is 8.75. The van der Waals surface area contributed by atoms with E-state index in [0.29, 0.717) is 5.41 Å². The maximum absolute atomic E-state index is 6.14.